The number of nitrogens with two attached hydrogens (primary N) is 1. The molecule has 0 aromatic carbocycles. The number of carbonyl (C=O) groups excluding carboxylic acids is 1. The molecule has 1 fully saturated rings. The van der Waals surface area contributed by atoms with E-state index >= 15 is 0 Å². The fraction of sp³-hybridized carbons (Fsp3) is 0.625. The molecule has 0 aromatic heterocycles. The summed E-state index contributed by atoms with van der Waals surface area (Å²) in [6.45, 7) is 1.84. The number of nitrogens with zero attached hydrogens (tertiary/aromatic N) is 1. The Morgan fingerprint density at radius 3 is 3.00 bits per heavy atom. The van der Waals surface area contributed by atoms with Crippen molar-refractivity contribution in [2.45, 2.75) is 6.42 Å². The molecular weight excluding hydrogens is 140 g/mol. The topological polar surface area (TPSA) is 46.3 Å². The number of hydrogen-bond acceptors (Lipinski definition) is 2. The third kappa shape index (κ3) is 1.72. The Morgan fingerprint density at radius 1 is 1.82 bits per heavy atom. The summed E-state index contributed by atoms with van der Waals surface area (Å²) >= 11 is 0. The molecule has 1 saturated heterocycles. The van der Waals surface area contributed by atoms with E-state index in [1.54, 1.807) is 4.90 Å². The van der Waals surface area contributed by atoms with E-state index < -0.39 is 0 Å². The maximum atomic E-state index is 11.1. The van der Waals surface area contributed by atoms with E-state index in [1.807, 2.05) is 0 Å². The van der Waals surface area contributed by atoms with Crippen LogP contribution in [0.5, 0.6) is 0 Å². The van der Waals surface area contributed by atoms with E-state index in [4.69, 9.17) is 12.2 Å². The normalized spacial score (nSPS) is 23.8. The zero-order valence-corrected chi connectivity index (χ0v) is 6.42. The highest BCUT2D eigenvalue weighted by atomic mass is 16.2. The van der Waals surface area contributed by atoms with Gasteiger partial charge in [0.1, 0.15) is 0 Å². The monoisotopic (exact) mass is 152 g/mol. The van der Waals surface area contributed by atoms with E-state index in [0.717, 1.165) is 0 Å². The summed E-state index contributed by atoms with van der Waals surface area (Å²) in [5.74, 6) is 2.82. The van der Waals surface area contributed by atoms with Crippen molar-refractivity contribution in [3.8, 4) is 12.3 Å². The second-order valence-electron chi connectivity index (χ2n) is 2.70. The summed E-state index contributed by atoms with van der Waals surface area (Å²) in [5.41, 5.74) is 5.31. The Hall–Kier alpha value is -1.01. The van der Waals surface area contributed by atoms with Crippen molar-refractivity contribution >= 4 is 5.91 Å². The van der Waals surface area contributed by atoms with Crippen LogP contribution in [-0.4, -0.2) is 30.4 Å². The fourth-order valence-corrected chi connectivity index (χ4v) is 1.26. The first kappa shape index (κ1) is 8.09. The van der Waals surface area contributed by atoms with Crippen molar-refractivity contribution in [1.29, 1.82) is 0 Å². The molecule has 3 heteroatoms. The lowest BCUT2D eigenvalue weighted by Crippen LogP contribution is -2.30. The van der Waals surface area contributed by atoms with Gasteiger partial charge >= 0.3 is 0 Å². The molecule has 1 amide bonds. The second-order valence-corrected chi connectivity index (χ2v) is 2.70. The number of amides is 1. The lowest BCUT2D eigenvalue weighted by molar-refractivity contribution is -0.127. The van der Waals surface area contributed by atoms with E-state index in [-0.39, 0.29) is 11.8 Å². The lowest BCUT2D eigenvalue weighted by atomic mass is 10.1. The third-order valence-corrected chi connectivity index (χ3v) is 1.85. The molecule has 11 heavy (non-hydrogen) atoms. The molecule has 0 radical (unpaired) electrons. The number of terminal acetylenes is 1. The van der Waals surface area contributed by atoms with Crippen LogP contribution < -0.4 is 5.73 Å². The summed E-state index contributed by atoms with van der Waals surface area (Å²) in [7, 11) is 0. The van der Waals surface area contributed by atoms with Gasteiger partial charge in [0.25, 0.3) is 0 Å². The Balaban J connectivity index is 2.46. The Kier molecular flexibility index (Phi) is 2.50. The van der Waals surface area contributed by atoms with Crippen LogP contribution in [0.25, 0.3) is 0 Å². The maximum Gasteiger partial charge on any atom is 0.223 e. The van der Waals surface area contributed by atoms with Gasteiger partial charge in [0.05, 0.1) is 0 Å². The molecule has 0 bridgehead atoms. The first-order chi connectivity index (χ1) is 5.27. The van der Waals surface area contributed by atoms with Crippen molar-refractivity contribution in [2.24, 2.45) is 11.7 Å². The van der Waals surface area contributed by atoms with Crippen molar-refractivity contribution in [1.82, 2.24) is 4.90 Å². The van der Waals surface area contributed by atoms with Gasteiger partial charge in [0.15, 0.2) is 0 Å². The molecule has 0 saturated carbocycles. The van der Waals surface area contributed by atoms with Gasteiger partial charge < -0.3 is 10.6 Å². The van der Waals surface area contributed by atoms with Crippen LogP contribution in [0.4, 0.5) is 0 Å². The highest BCUT2D eigenvalue weighted by Crippen LogP contribution is 2.15. The number of carbonyl (C=O) groups is 1. The summed E-state index contributed by atoms with van der Waals surface area (Å²) in [4.78, 5) is 12.8. The van der Waals surface area contributed by atoms with Gasteiger partial charge in [-0.15, -0.1) is 12.3 Å². The molecule has 2 N–H and O–H groups in total. The summed E-state index contributed by atoms with van der Waals surface area (Å²) in [6, 6.07) is 0. The molecule has 0 aliphatic carbocycles. The highest BCUT2D eigenvalue weighted by molar-refractivity contribution is 5.79. The largest absolute Gasteiger partial charge is 0.340 e. The standard InChI is InChI=1S/C8H12N2O/c1-2-7-5-8(11)10(6-7)4-3-9/h1,7H,3-6,9H2. The van der Waals surface area contributed by atoms with Crippen LogP contribution in [0.15, 0.2) is 0 Å². The average molecular weight is 152 g/mol. The van der Waals surface area contributed by atoms with Crippen LogP contribution in [0.2, 0.25) is 0 Å². The Morgan fingerprint density at radius 2 is 2.55 bits per heavy atom. The Bertz CT molecular complexity index is 195. The summed E-state index contributed by atoms with van der Waals surface area (Å²) in [5, 5.41) is 0. The van der Waals surface area contributed by atoms with Gasteiger partial charge in [0, 0.05) is 32.0 Å². The van der Waals surface area contributed by atoms with Gasteiger partial charge in [-0.3, -0.25) is 4.79 Å². The minimum absolute atomic E-state index is 0.106. The van der Waals surface area contributed by atoms with Crippen molar-refractivity contribution < 1.29 is 4.79 Å². The smallest absolute Gasteiger partial charge is 0.223 e. The molecule has 60 valence electrons. The molecule has 1 aliphatic heterocycles. The minimum atomic E-state index is 0.106. The predicted molar refractivity (Wildman–Crippen MR) is 42.6 cm³/mol. The van der Waals surface area contributed by atoms with Crippen molar-refractivity contribution in [3.05, 3.63) is 0 Å². The van der Waals surface area contributed by atoms with E-state index in [0.29, 0.717) is 26.1 Å². The van der Waals surface area contributed by atoms with Crippen LogP contribution >= 0.6 is 0 Å². The van der Waals surface area contributed by atoms with Gasteiger partial charge in [-0.05, 0) is 0 Å². The predicted octanol–water partition coefficient (Wildman–Crippen LogP) is -0.573. The van der Waals surface area contributed by atoms with E-state index in [2.05, 4.69) is 5.92 Å². The number of likely N-dealkylation sites (tertiary alicyclic amines) is 1. The molecule has 0 aromatic rings. The molecule has 3 nitrogen and oxygen atoms in total. The lowest BCUT2D eigenvalue weighted by Gasteiger charge is -2.13. The van der Waals surface area contributed by atoms with Crippen LogP contribution in [0, 0.1) is 18.3 Å². The maximum absolute atomic E-state index is 11.1. The van der Waals surface area contributed by atoms with Gasteiger partial charge in [-0.2, -0.15) is 0 Å². The molecule has 1 atom stereocenters. The average Bonchev–Trinajstić information content (AvgIpc) is 2.33. The van der Waals surface area contributed by atoms with Gasteiger partial charge in [-0.1, -0.05) is 0 Å². The van der Waals surface area contributed by atoms with E-state index in [9.17, 15) is 4.79 Å². The van der Waals surface area contributed by atoms with Crippen molar-refractivity contribution in [3.63, 3.8) is 0 Å². The minimum Gasteiger partial charge on any atom is -0.340 e. The van der Waals surface area contributed by atoms with Crippen LogP contribution in [0.1, 0.15) is 6.42 Å². The summed E-state index contributed by atoms with van der Waals surface area (Å²) in [6.07, 6.45) is 5.69. The van der Waals surface area contributed by atoms with Gasteiger partial charge in [0.2, 0.25) is 5.91 Å². The van der Waals surface area contributed by atoms with Crippen LogP contribution in [-0.2, 0) is 4.79 Å². The zero-order valence-electron chi connectivity index (χ0n) is 6.42. The molecule has 0 spiro atoms. The molecule has 1 aliphatic rings. The molecule has 1 unspecified atom stereocenters. The fourth-order valence-electron chi connectivity index (χ4n) is 1.26. The molecule has 1 rings (SSSR count). The first-order valence-electron chi connectivity index (χ1n) is 3.72. The number of hydrogen-bond donors (Lipinski definition) is 1. The van der Waals surface area contributed by atoms with Gasteiger partial charge in [-0.25, -0.2) is 0 Å². The quantitative estimate of drug-likeness (QED) is 0.538. The highest BCUT2D eigenvalue weighted by Gasteiger charge is 2.26. The second kappa shape index (κ2) is 3.40. The van der Waals surface area contributed by atoms with Crippen LogP contribution in [0.3, 0.4) is 0 Å². The Labute approximate surface area is 66.5 Å². The molecule has 1 heterocycles. The number of rotatable bonds is 2. The molecular formula is C8H12N2O. The zero-order chi connectivity index (χ0) is 8.27. The SMILES string of the molecule is C#CC1CC(=O)N(CCN)C1. The first-order valence-corrected chi connectivity index (χ1v) is 3.72. The summed E-state index contributed by atoms with van der Waals surface area (Å²) < 4.78 is 0. The van der Waals surface area contributed by atoms with E-state index in [1.165, 1.54) is 0 Å². The third-order valence-electron chi connectivity index (χ3n) is 1.85. The van der Waals surface area contributed by atoms with Crippen molar-refractivity contribution in [2.75, 3.05) is 19.6 Å².